The van der Waals surface area contributed by atoms with Gasteiger partial charge in [-0.25, -0.2) is 4.98 Å². The van der Waals surface area contributed by atoms with Crippen molar-refractivity contribution in [2.75, 3.05) is 39.3 Å². The van der Waals surface area contributed by atoms with Crippen LogP contribution in [0.4, 0.5) is 0 Å². The Hall–Kier alpha value is -0.980. The highest BCUT2D eigenvalue weighted by Gasteiger charge is 2.23. The smallest absolute Gasteiger partial charge is 0.256 e. The minimum Gasteiger partial charge on any atom is -0.395 e. The number of hydrogen-bond donors (Lipinski definition) is 1. The fourth-order valence-corrected chi connectivity index (χ4v) is 2.45. The van der Waals surface area contributed by atoms with Gasteiger partial charge in [0.15, 0.2) is 0 Å². The van der Waals surface area contributed by atoms with Gasteiger partial charge in [0.05, 0.1) is 12.2 Å². The molecule has 2 heterocycles. The number of pyridine rings is 1. The molecule has 2 rings (SSSR count). The standard InChI is InChI=1S/C12H16BrN3O2/c13-11-10(2-1-3-14-11)12(18)16-6-4-15(5-7-16)8-9-17/h1-3,17H,4-9H2. The lowest BCUT2D eigenvalue weighted by molar-refractivity contribution is 0.0613. The van der Waals surface area contributed by atoms with Crippen LogP contribution in [-0.4, -0.2) is 65.1 Å². The van der Waals surface area contributed by atoms with Crippen molar-refractivity contribution >= 4 is 21.8 Å². The van der Waals surface area contributed by atoms with E-state index >= 15 is 0 Å². The van der Waals surface area contributed by atoms with Crippen molar-refractivity contribution in [3.05, 3.63) is 28.5 Å². The normalized spacial score (nSPS) is 16.9. The number of halogens is 1. The average Bonchev–Trinajstić information content (AvgIpc) is 2.40. The maximum absolute atomic E-state index is 12.3. The second kappa shape index (κ2) is 6.26. The van der Waals surface area contributed by atoms with Crippen LogP contribution in [0.3, 0.4) is 0 Å². The summed E-state index contributed by atoms with van der Waals surface area (Å²) in [6.45, 7) is 3.86. The summed E-state index contributed by atoms with van der Waals surface area (Å²) in [7, 11) is 0. The summed E-state index contributed by atoms with van der Waals surface area (Å²) in [6.07, 6.45) is 1.65. The predicted octanol–water partition coefficient (Wildman–Crippen LogP) is 0.594. The largest absolute Gasteiger partial charge is 0.395 e. The molecule has 98 valence electrons. The molecule has 1 aromatic rings. The Kier molecular flexibility index (Phi) is 4.68. The van der Waals surface area contributed by atoms with E-state index in [1.807, 2.05) is 4.90 Å². The van der Waals surface area contributed by atoms with Crippen molar-refractivity contribution in [3.63, 3.8) is 0 Å². The third-order valence-corrected chi connectivity index (χ3v) is 3.70. The number of aromatic nitrogens is 1. The molecule has 1 aliphatic rings. The van der Waals surface area contributed by atoms with Crippen LogP contribution in [0, 0.1) is 0 Å². The molecule has 1 amide bonds. The van der Waals surface area contributed by atoms with E-state index in [0.717, 1.165) is 13.1 Å². The van der Waals surface area contributed by atoms with E-state index in [-0.39, 0.29) is 12.5 Å². The SMILES string of the molecule is O=C(c1cccnc1Br)N1CCN(CCO)CC1. The molecule has 18 heavy (non-hydrogen) atoms. The van der Waals surface area contributed by atoms with E-state index in [1.54, 1.807) is 18.3 Å². The molecule has 6 heteroatoms. The van der Waals surface area contributed by atoms with Gasteiger partial charge < -0.3 is 10.0 Å². The summed E-state index contributed by atoms with van der Waals surface area (Å²) >= 11 is 3.30. The Labute approximate surface area is 115 Å². The van der Waals surface area contributed by atoms with Crippen molar-refractivity contribution < 1.29 is 9.90 Å². The van der Waals surface area contributed by atoms with Crippen molar-refractivity contribution in [2.45, 2.75) is 0 Å². The zero-order chi connectivity index (χ0) is 13.0. The van der Waals surface area contributed by atoms with E-state index in [2.05, 4.69) is 25.8 Å². The van der Waals surface area contributed by atoms with Gasteiger partial charge in [-0.15, -0.1) is 0 Å². The second-order valence-electron chi connectivity index (χ2n) is 4.20. The molecular formula is C12H16BrN3O2. The summed E-state index contributed by atoms with van der Waals surface area (Å²) in [5, 5.41) is 8.87. The van der Waals surface area contributed by atoms with Crippen LogP contribution in [0.2, 0.25) is 0 Å². The lowest BCUT2D eigenvalue weighted by atomic mass is 10.2. The van der Waals surface area contributed by atoms with Crippen LogP contribution < -0.4 is 0 Å². The van der Waals surface area contributed by atoms with Crippen LogP contribution in [0.15, 0.2) is 22.9 Å². The fraction of sp³-hybridized carbons (Fsp3) is 0.500. The number of hydrogen-bond acceptors (Lipinski definition) is 4. The van der Waals surface area contributed by atoms with Gasteiger partial charge in [0.1, 0.15) is 4.60 Å². The second-order valence-corrected chi connectivity index (χ2v) is 4.95. The van der Waals surface area contributed by atoms with Gasteiger partial charge in [-0.2, -0.15) is 0 Å². The van der Waals surface area contributed by atoms with Crippen LogP contribution in [-0.2, 0) is 0 Å². The van der Waals surface area contributed by atoms with Crippen molar-refractivity contribution in [3.8, 4) is 0 Å². The first-order valence-corrected chi connectivity index (χ1v) is 6.74. The first-order chi connectivity index (χ1) is 8.72. The number of aliphatic hydroxyl groups excluding tert-OH is 1. The lowest BCUT2D eigenvalue weighted by Gasteiger charge is -2.34. The Morgan fingerprint density at radius 3 is 2.72 bits per heavy atom. The number of amides is 1. The molecule has 0 atom stereocenters. The van der Waals surface area contributed by atoms with E-state index in [0.29, 0.717) is 29.8 Å². The molecule has 0 aromatic carbocycles. The molecule has 1 N–H and O–H groups in total. The maximum Gasteiger partial charge on any atom is 0.256 e. The molecule has 0 aliphatic carbocycles. The summed E-state index contributed by atoms with van der Waals surface area (Å²) in [6, 6.07) is 3.54. The summed E-state index contributed by atoms with van der Waals surface area (Å²) in [5.41, 5.74) is 0.605. The van der Waals surface area contributed by atoms with Crippen molar-refractivity contribution in [1.82, 2.24) is 14.8 Å². The van der Waals surface area contributed by atoms with Gasteiger partial charge in [0.2, 0.25) is 0 Å². The highest BCUT2D eigenvalue weighted by atomic mass is 79.9. The zero-order valence-electron chi connectivity index (χ0n) is 10.0. The fourth-order valence-electron chi connectivity index (χ4n) is 2.03. The van der Waals surface area contributed by atoms with Gasteiger partial charge in [0.25, 0.3) is 5.91 Å². The third-order valence-electron chi connectivity index (χ3n) is 3.07. The predicted molar refractivity (Wildman–Crippen MR) is 71.4 cm³/mol. The van der Waals surface area contributed by atoms with Crippen molar-refractivity contribution in [2.24, 2.45) is 0 Å². The summed E-state index contributed by atoms with van der Waals surface area (Å²) in [5.74, 6) is 0.0126. The molecule has 0 unspecified atom stereocenters. The molecule has 5 nitrogen and oxygen atoms in total. The molecule has 1 aliphatic heterocycles. The molecule has 0 radical (unpaired) electrons. The first-order valence-electron chi connectivity index (χ1n) is 5.95. The van der Waals surface area contributed by atoms with Gasteiger partial charge in [-0.1, -0.05) is 0 Å². The topological polar surface area (TPSA) is 56.7 Å². The van der Waals surface area contributed by atoms with E-state index in [9.17, 15) is 4.79 Å². The molecule has 1 saturated heterocycles. The van der Waals surface area contributed by atoms with E-state index in [4.69, 9.17) is 5.11 Å². The summed E-state index contributed by atoms with van der Waals surface area (Å²) in [4.78, 5) is 20.3. The average molecular weight is 314 g/mol. The molecule has 1 fully saturated rings. The lowest BCUT2D eigenvalue weighted by Crippen LogP contribution is -2.49. The minimum atomic E-state index is 0.0126. The quantitative estimate of drug-likeness (QED) is 0.830. The highest BCUT2D eigenvalue weighted by molar-refractivity contribution is 9.10. The van der Waals surface area contributed by atoms with Gasteiger partial charge in [0, 0.05) is 38.9 Å². The highest BCUT2D eigenvalue weighted by Crippen LogP contribution is 2.16. The molecule has 0 spiro atoms. The van der Waals surface area contributed by atoms with E-state index in [1.165, 1.54) is 0 Å². The number of piperazine rings is 1. The molecule has 1 aromatic heterocycles. The van der Waals surface area contributed by atoms with E-state index < -0.39 is 0 Å². The van der Waals surface area contributed by atoms with Crippen LogP contribution >= 0.6 is 15.9 Å². The van der Waals surface area contributed by atoms with Gasteiger partial charge in [-0.05, 0) is 28.1 Å². The zero-order valence-corrected chi connectivity index (χ0v) is 11.6. The molecular weight excluding hydrogens is 298 g/mol. The van der Waals surface area contributed by atoms with Crippen LogP contribution in [0.1, 0.15) is 10.4 Å². The first kappa shape index (κ1) is 13.5. The Morgan fingerprint density at radius 2 is 2.11 bits per heavy atom. The Bertz CT molecular complexity index is 420. The number of aliphatic hydroxyl groups is 1. The number of carbonyl (C=O) groups is 1. The molecule has 0 bridgehead atoms. The maximum atomic E-state index is 12.3. The molecule has 0 saturated carbocycles. The number of β-amino-alcohol motifs (C(OH)–C–C–N with tert-alkyl or cyclic N) is 1. The number of rotatable bonds is 3. The van der Waals surface area contributed by atoms with Gasteiger partial charge in [-0.3, -0.25) is 9.69 Å². The number of carbonyl (C=O) groups excluding carboxylic acids is 1. The monoisotopic (exact) mass is 313 g/mol. The van der Waals surface area contributed by atoms with Crippen molar-refractivity contribution in [1.29, 1.82) is 0 Å². The number of nitrogens with zero attached hydrogens (tertiary/aromatic N) is 3. The summed E-state index contributed by atoms with van der Waals surface area (Å²) < 4.78 is 0.591. The van der Waals surface area contributed by atoms with Gasteiger partial charge >= 0.3 is 0 Å². The Balaban J connectivity index is 1.98. The minimum absolute atomic E-state index is 0.0126. The van der Waals surface area contributed by atoms with Crippen LogP contribution in [0.25, 0.3) is 0 Å². The van der Waals surface area contributed by atoms with Crippen LogP contribution in [0.5, 0.6) is 0 Å². The Morgan fingerprint density at radius 1 is 1.39 bits per heavy atom. The third kappa shape index (κ3) is 3.07.